The summed E-state index contributed by atoms with van der Waals surface area (Å²) in [5, 5.41) is 0. The van der Waals surface area contributed by atoms with Crippen LogP contribution >= 0.6 is 0 Å². The van der Waals surface area contributed by atoms with Crippen LogP contribution in [0, 0.1) is 6.92 Å². The van der Waals surface area contributed by atoms with Gasteiger partial charge in [0.2, 0.25) is 0 Å². The van der Waals surface area contributed by atoms with Crippen molar-refractivity contribution in [3.8, 4) is 17.2 Å². The molecule has 1 amide bonds. The predicted octanol–water partition coefficient (Wildman–Crippen LogP) is 4.00. The molecule has 1 aliphatic rings. The van der Waals surface area contributed by atoms with Crippen molar-refractivity contribution in [1.29, 1.82) is 0 Å². The van der Waals surface area contributed by atoms with E-state index in [1.807, 2.05) is 49.9 Å². The van der Waals surface area contributed by atoms with Crippen molar-refractivity contribution >= 4 is 5.91 Å². The first-order valence-corrected chi connectivity index (χ1v) is 9.42. The highest BCUT2D eigenvalue weighted by Gasteiger charge is 2.24. The quantitative estimate of drug-likeness (QED) is 0.772. The number of fused-ring (bicyclic) bond motifs is 1. The Morgan fingerprint density at radius 3 is 2.30 bits per heavy atom. The molecule has 0 spiro atoms. The van der Waals surface area contributed by atoms with Crippen molar-refractivity contribution in [2.75, 3.05) is 26.9 Å². The molecule has 144 valence electrons. The van der Waals surface area contributed by atoms with Gasteiger partial charge in [0.05, 0.1) is 20.3 Å². The lowest BCUT2D eigenvalue weighted by Crippen LogP contribution is -2.36. The summed E-state index contributed by atoms with van der Waals surface area (Å²) in [6, 6.07) is 9.67. The number of carbonyl (C=O) groups is 1. The third kappa shape index (κ3) is 4.02. The smallest absolute Gasteiger partial charge is 0.254 e. The van der Waals surface area contributed by atoms with E-state index in [0.29, 0.717) is 31.9 Å². The van der Waals surface area contributed by atoms with Crippen LogP contribution in [-0.4, -0.2) is 37.7 Å². The summed E-state index contributed by atoms with van der Waals surface area (Å²) in [4.78, 5) is 14.9. The van der Waals surface area contributed by atoms with Crippen LogP contribution in [0.25, 0.3) is 0 Å². The molecule has 3 rings (SSSR count). The van der Waals surface area contributed by atoms with Gasteiger partial charge in [-0.05, 0) is 68.1 Å². The van der Waals surface area contributed by atoms with E-state index in [1.54, 1.807) is 7.11 Å². The molecule has 27 heavy (non-hydrogen) atoms. The van der Waals surface area contributed by atoms with Crippen LogP contribution in [0.2, 0.25) is 0 Å². The molecule has 1 aliphatic heterocycles. The molecule has 0 aromatic heterocycles. The molecule has 0 saturated heterocycles. The maximum Gasteiger partial charge on any atom is 0.254 e. The molecule has 5 nitrogen and oxygen atoms in total. The third-order valence-corrected chi connectivity index (χ3v) is 4.82. The van der Waals surface area contributed by atoms with Crippen molar-refractivity contribution in [2.45, 2.75) is 33.7 Å². The van der Waals surface area contributed by atoms with Gasteiger partial charge in [-0.1, -0.05) is 6.07 Å². The van der Waals surface area contributed by atoms with Crippen LogP contribution in [0.5, 0.6) is 17.2 Å². The average molecular weight is 369 g/mol. The SMILES string of the molecule is CCOc1cc2c(cc1OCC)CN(C(=O)c1ccc(C)c(OC)c1)CC2. The molecule has 0 fully saturated rings. The Morgan fingerprint density at radius 1 is 1.00 bits per heavy atom. The molecule has 1 heterocycles. The minimum Gasteiger partial charge on any atom is -0.496 e. The molecular weight excluding hydrogens is 342 g/mol. The first-order valence-electron chi connectivity index (χ1n) is 9.42. The van der Waals surface area contributed by atoms with Crippen LogP contribution < -0.4 is 14.2 Å². The van der Waals surface area contributed by atoms with Crippen molar-refractivity contribution in [3.05, 3.63) is 52.6 Å². The molecule has 0 unspecified atom stereocenters. The second-order valence-corrected chi connectivity index (χ2v) is 6.59. The zero-order valence-corrected chi connectivity index (χ0v) is 16.5. The normalized spacial score (nSPS) is 13.1. The highest BCUT2D eigenvalue weighted by atomic mass is 16.5. The van der Waals surface area contributed by atoms with Gasteiger partial charge < -0.3 is 19.1 Å². The number of benzene rings is 2. The Balaban J connectivity index is 1.84. The van der Waals surface area contributed by atoms with Crippen molar-refractivity contribution < 1.29 is 19.0 Å². The summed E-state index contributed by atoms with van der Waals surface area (Å²) >= 11 is 0. The Hall–Kier alpha value is -2.69. The minimum absolute atomic E-state index is 0.0193. The molecule has 0 atom stereocenters. The molecule has 0 N–H and O–H groups in total. The third-order valence-electron chi connectivity index (χ3n) is 4.82. The number of hydrogen-bond acceptors (Lipinski definition) is 4. The van der Waals surface area contributed by atoms with Gasteiger partial charge >= 0.3 is 0 Å². The lowest BCUT2D eigenvalue weighted by Gasteiger charge is -2.30. The first kappa shape index (κ1) is 19.1. The number of rotatable bonds is 6. The summed E-state index contributed by atoms with van der Waals surface area (Å²) in [6.45, 7) is 8.30. The zero-order valence-electron chi connectivity index (χ0n) is 16.5. The molecule has 0 aliphatic carbocycles. The van der Waals surface area contributed by atoms with Crippen molar-refractivity contribution in [1.82, 2.24) is 4.90 Å². The second kappa shape index (κ2) is 8.33. The monoisotopic (exact) mass is 369 g/mol. The van der Waals surface area contributed by atoms with Crippen LogP contribution in [-0.2, 0) is 13.0 Å². The molecule has 2 aromatic rings. The number of aryl methyl sites for hydroxylation is 1. The summed E-state index contributed by atoms with van der Waals surface area (Å²) in [7, 11) is 1.62. The van der Waals surface area contributed by atoms with Gasteiger partial charge in [0, 0.05) is 18.7 Å². The largest absolute Gasteiger partial charge is 0.496 e. The molecule has 5 heteroatoms. The standard InChI is InChI=1S/C22H27NO4/c1-5-26-20-11-16-9-10-23(14-18(16)13-21(20)27-6-2)22(24)17-8-7-15(3)19(12-17)25-4/h7-8,11-13H,5-6,9-10,14H2,1-4H3. The van der Waals surface area contributed by atoms with Gasteiger partial charge in [-0.3, -0.25) is 4.79 Å². The van der Waals surface area contributed by atoms with Crippen molar-refractivity contribution in [3.63, 3.8) is 0 Å². The summed E-state index contributed by atoms with van der Waals surface area (Å²) in [5.74, 6) is 2.27. The van der Waals surface area contributed by atoms with Crippen molar-refractivity contribution in [2.24, 2.45) is 0 Å². The average Bonchev–Trinajstić information content (AvgIpc) is 2.68. The number of amides is 1. The van der Waals surface area contributed by atoms with Gasteiger partial charge in [0.1, 0.15) is 5.75 Å². The second-order valence-electron chi connectivity index (χ2n) is 6.59. The predicted molar refractivity (Wildman–Crippen MR) is 105 cm³/mol. The number of hydrogen-bond donors (Lipinski definition) is 0. The molecule has 2 aromatic carbocycles. The van der Waals surface area contributed by atoms with Gasteiger partial charge in [-0.2, -0.15) is 0 Å². The summed E-state index contributed by atoms with van der Waals surface area (Å²) in [6.07, 6.45) is 0.802. The maximum absolute atomic E-state index is 13.0. The van der Waals surface area contributed by atoms with Crippen LogP contribution in [0.4, 0.5) is 0 Å². The van der Waals surface area contributed by atoms with Crippen LogP contribution in [0.1, 0.15) is 40.9 Å². The molecule has 0 radical (unpaired) electrons. The molecular formula is C22H27NO4. The van der Waals surface area contributed by atoms with Gasteiger partial charge in [0.25, 0.3) is 5.91 Å². The van der Waals surface area contributed by atoms with Gasteiger partial charge in [-0.25, -0.2) is 0 Å². The first-order chi connectivity index (χ1) is 13.1. The Kier molecular flexibility index (Phi) is 5.89. The highest BCUT2D eigenvalue weighted by molar-refractivity contribution is 5.95. The Morgan fingerprint density at radius 2 is 1.67 bits per heavy atom. The van der Waals surface area contributed by atoms with E-state index in [-0.39, 0.29) is 5.91 Å². The van der Waals surface area contributed by atoms with Crippen LogP contribution in [0.15, 0.2) is 30.3 Å². The number of nitrogens with zero attached hydrogens (tertiary/aromatic N) is 1. The summed E-state index contributed by atoms with van der Waals surface area (Å²) < 4.78 is 16.8. The van der Waals surface area contributed by atoms with Gasteiger partial charge in [0.15, 0.2) is 11.5 Å². The van der Waals surface area contributed by atoms with E-state index in [1.165, 1.54) is 5.56 Å². The molecule has 0 bridgehead atoms. The van der Waals surface area contributed by atoms with E-state index in [0.717, 1.165) is 34.8 Å². The number of methoxy groups -OCH3 is 1. The maximum atomic E-state index is 13.0. The van der Waals surface area contributed by atoms with E-state index in [2.05, 4.69) is 6.07 Å². The van der Waals surface area contributed by atoms with Crippen LogP contribution in [0.3, 0.4) is 0 Å². The fraction of sp³-hybridized carbons (Fsp3) is 0.409. The van der Waals surface area contributed by atoms with E-state index < -0.39 is 0 Å². The lowest BCUT2D eigenvalue weighted by molar-refractivity contribution is 0.0734. The van der Waals surface area contributed by atoms with E-state index in [4.69, 9.17) is 14.2 Å². The summed E-state index contributed by atoms with van der Waals surface area (Å²) in [5.41, 5.74) is 3.99. The Labute approximate surface area is 160 Å². The zero-order chi connectivity index (χ0) is 19.4. The lowest BCUT2D eigenvalue weighted by atomic mass is 9.98. The minimum atomic E-state index is 0.0193. The molecule has 0 saturated carbocycles. The fourth-order valence-electron chi connectivity index (χ4n) is 3.41. The van der Waals surface area contributed by atoms with E-state index in [9.17, 15) is 4.79 Å². The van der Waals surface area contributed by atoms with Gasteiger partial charge in [-0.15, -0.1) is 0 Å². The fourth-order valence-corrected chi connectivity index (χ4v) is 3.41. The number of carbonyl (C=O) groups excluding carboxylic acids is 1. The number of ether oxygens (including phenoxy) is 3. The highest BCUT2D eigenvalue weighted by Crippen LogP contribution is 2.34. The Bertz CT molecular complexity index is 831. The topological polar surface area (TPSA) is 48.0 Å². The van der Waals surface area contributed by atoms with E-state index >= 15 is 0 Å².